The molecule has 0 saturated carbocycles. The standard InChI is InChI=1S/C35H65NO13/c1-3-5-7-8-9-10-11-12-13-14-15-17-19-27(40)36-23(24(39)18-16-6-4-2)22-46-34-32(45)30(43)33(26(21-38)48-34)49-35-31(44)29(42)28(41)25(20-37)47-35/h9-10,23-26,28-35,37-39,41-45H,3-8,11-22H2,1-2H3,(H,36,40)/b10-9-. The van der Waals surface area contributed by atoms with Gasteiger partial charge in [-0.15, -0.1) is 0 Å². The zero-order chi connectivity index (χ0) is 36.2. The van der Waals surface area contributed by atoms with Crippen molar-refractivity contribution in [3.05, 3.63) is 12.2 Å². The predicted molar refractivity (Wildman–Crippen MR) is 180 cm³/mol. The van der Waals surface area contributed by atoms with Gasteiger partial charge in [-0.2, -0.15) is 0 Å². The third kappa shape index (κ3) is 15.1. The van der Waals surface area contributed by atoms with Crippen LogP contribution in [0, 0.1) is 0 Å². The second-order valence-electron chi connectivity index (χ2n) is 13.3. The molecular formula is C35H65NO13. The lowest BCUT2D eigenvalue weighted by molar-refractivity contribution is -0.359. The van der Waals surface area contributed by atoms with Gasteiger partial charge in [0.15, 0.2) is 12.6 Å². The molecule has 14 heteroatoms. The molecule has 49 heavy (non-hydrogen) atoms. The molecule has 0 aromatic rings. The molecular weight excluding hydrogens is 642 g/mol. The Morgan fingerprint density at radius 3 is 1.94 bits per heavy atom. The summed E-state index contributed by atoms with van der Waals surface area (Å²) in [6.07, 6.45) is 2.01. The third-order valence-corrected chi connectivity index (χ3v) is 9.23. The molecule has 2 aliphatic heterocycles. The van der Waals surface area contributed by atoms with E-state index in [1.165, 1.54) is 19.3 Å². The summed E-state index contributed by atoms with van der Waals surface area (Å²) in [7, 11) is 0. The van der Waals surface area contributed by atoms with Crippen LogP contribution in [0.1, 0.15) is 110 Å². The summed E-state index contributed by atoms with van der Waals surface area (Å²) in [5.74, 6) is -0.232. The first kappa shape index (κ1) is 43.9. The number of allylic oxidation sites excluding steroid dienone is 2. The minimum Gasteiger partial charge on any atom is -0.394 e. The Balaban J connectivity index is 1.88. The number of carbonyl (C=O) groups is 1. The lowest BCUT2D eigenvalue weighted by Gasteiger charge is -2.46. The first-order valence-electron chi connectivity index (χ1n) is 18.4. The fraction of sp³-hybridized carbons (Fsp3) is 0.914. The van der Waals surface area contributed by atoms with E-state index in [4.69, 9.17) is 18.9 Å². The average Bonchev–Trinajstić information content (AvgIpc) is 3.09. The molecule has 0 bridgehead atoms. The highest BCUT2D eigenvalue weighted by Gasteiger charge is 2.50. The van der Waals surface area contributed by atoms with Gasteiger partial charge in [0.2, 0.25) is 5.91 Å². The van der Waals surface area contributed by atoms with Crippen LogP contribution in [0.2, 0.25) is 0 Å². The molecule has 2 saturated heterocycles. The number of aliphatic hydroxyl groups is 8. The van der Waals surface area contributed by atoms with Crippen LogP contribution in [0.25, 0.3) is 0 Å². The number of unbranched alkanes of at least 4 members (excludes halogenated alkanes) is 10. The van der Waals surface area contributed by atoms with Crippen molar-refractivity contribution in [2.24, 2.45) is 0 Å². The number of hydrogen-bond acceptors (Lipinski definition) is 13. The number of ether oxygens (including phenoxy) is 4. The Morgan fingerprint density at radius 2 is 1.29 bits per heavy atom. The van der Waals surface area contributed by atoms with Crippen molar-refractivity contribution in [2.75, 3.05) is 19.8 Å². The van der Waals surface area contributed by atoms with Crippen LogP contribution in [0.5, 0.6) is 0 Å². The molecule has 2 heterocycles. The highest BCUT2D eigenvalue weighted by atomic mass is 16.7. The fourth-order valence-electron chi connectivity index (χ4n) is 6.05. The number of hydrogen-bond donors (Lipinski definition) is 9. The third-order valence-electron chi connectivity index (χ3n) is 9.23. The summed E-state index contributed by atoms with van der Waals surface area (Å²) in [5.41, 5.74) is 0. The summed E-state index contributed by atoms with van der Waals surface area (Å²) in [6.45, 7) is 2.58. The molecule has 0 aromatic carbocycles. The first-order chi connectivity index (χ1) is 23.6. The Kier molecular flexibility index (Phi) is 22.2. The van der Waals surface area contributed by atoms with Crippen LogP contribution in [-0.4, -0.2) is 140 Å². The van der Waals surface area contributed by atoms with Gasteiger partial charge in [0.05, 0.1) is 32.0 Å². The molecule has 12 atom stereocenters. The Morgan fingerprint density at radius 1 is 0.714 bits per heavy atom. The van der Waals surface area contributed by atoms with E-state index in [1.807, 2.05) is 6.92 Å². The lowest BCUT2D eigenvalue weighted by atomic mass is 9.97. The molecule has 9 N–H and O–H groups in total. The minimum atomic E-state index is -1.78. The van der Waals surface area contributed by atoms with Crippen LogP contribution in [-0.2, 0) is 23.7 Å². The van der Waals surface area contributed by atoms with Gasteiger partial charge in [-0.3, -0.25) is 4.79 Å². The van der Waals surface area contributed by atoms with Crippen molar-refractivity contribution < 1.29 is 64.6 Å². The topological polar surface area (TPSA) is 228 Å². The van der Waals surface area contributed by atoms with Gasteiger partial charge < -0.3 is 65.1 Å². The van der Waals surface area contributed by atoms with Gasteiger partial charge in [-0.1, -0.05) is 77.4 Å². The van der Waals surface area contributed by atoms with Crippen LogP contribution >= 0.6 is 0 Å². The Bertz CT molecular complexity index is 894. The molecule has 288 valence electrons. The summed E-state index contributed by atoms with van der Waals surface area (Å²) in [4.78, 5) is 12.8. The highest BCUT2D eigenvalue weighted by Crippen LogP contribution is 2.29. The van der Waals surface area contributed by atoms with Gasteiger partial charge in [0.1, 0.15) is 48.8 Å². The quantitative estimate of drug-likeness (QED) is 0.0476. The molecule has 14 nitrogen and oxygen atoms in total. The van der Waals surface area contributed by atoms with Crippen LogP contribution in [0.15, 0.2) is 12.2 Å². The number of amides is 1. The van der Waals surface area contributed by atoms with Crippen molar-refractivity contribution in [2.45, 2.75) is 184 Å². The summed E-state index contributed by atoms with van der Waals surface area (Å²) in [5, 5.41) is 85.4. The summed E-state index contributed by atoms with van der Waals surface area (Å²) >= 11 is 0. The monoisotopic (exact) mass is 707 g/mol. The average molecular weight is 708 g/mol. The van der Waals surface area contributed by atoms with Crippen molar-refractivity contribution in [1.82, 2.24) is 5.32 Å². The van der Waals surface area contributed by atoms with Crippen molar-refractivity contribution in [1.29, 1.82) is 0 Å². The first-order valence-corrected chi connectivity index (χ1v) is 18.4. The van der Waals surface area contributed by atoms with E-state index in [9.17, 15) is 45.6 Å². The Labute approximate surface area is 291 Å². The molecule has 0 spiro atoms. The minimum absolute atomic E-state index is 0.232. The molecule has 12 unspecified atom stereocenters. The van der Waals surface area contributed by atoms with Gasteiger partial charge >= 0.3 is 0 Å². The second-order valence-corrected chi connectivity index (χ2v) is 13.3. The maximum absolute atomic E-state index is 12.8. The lowest BCUT2D eigenvalue weighted by Crippen LogP contribution is -2.65. The van der Waals surface area contributed by atoms with E-state index in [0.29, 0.717) is 19.3 Å². The SMILES string of the molecule is CCCCC/C=C\CCCCCCCC(=O)NC(COC1OC(CO)C(OC2OC(CO)C(O)C(O)C2O)C(O)C1O)C(O)CCCCC. The molecule has 0 aliphatic carbocycles. The molecule has 2 aliphatic rings. The smallest absolute Gasteiger partial charge is 0.220 e. The normalized spacial score (nSPS) is 32.0. The fourth-order valence-corrected chi connectivity index (χ4v) is 6.05. The van der Waals surface area contributed by atoms with E-state index >= 15 is 0 Å². The zero-order valence-electron chi connectivity index (χ0n) is 29.4. The maximum Gasteiger partial charge on any atom is 0.220 e. The largest absolute Gasteiger partial charge is 0.394 e. The van der Waals surface area contributed by atoms with Crippen molar-refractivity contribution in [3.63, 3.8) is 0 Å². The molecule has 1 amide bonds. The van der Waals surface area contributed by atoms with E-state index in [1.54, 1.807) is 0 Å². The zero-order valence-corrected chi connectivity index (χ0v) is 29.4. The predicted octanol–water partition coefficient (Wildman–Crippen LogP) is 0.920. The molecule has 2 rings (SSSR count). The molecule has 0 aromatic heterocycles. The van der Waals surface area contributed by atoms with E-state index < -0.39 is 86.8 Å². The number of aliphatic hydroxyl groups excluding tert-OH is 8. The van der Waals surface area contributed by atoms with Gasteiger partial charge in [0.25, 0.3) is 0 Å². The summed E-state index contributed by atoms with van der Waals surface area (Å²) in [6, 6.07) is -0.822. The number of carbonyl (C=O) groups excluding carboxylic acids is 1. The van der Waals surface area contributed by atoms with Gasteiger partial charge in [0, 0.05) is 6.42 Å². The second kappa shape index (κ2) is 24.8. The van der Waals surface area contributed by atoms with E-state index in [2.05, 4.69) is 24.4 Å². The van der Waals surface area contributed by atoms with Crippen molar-refractivity contribution >= 4 is 5.91 Å². The van der Waals surface area contributed by atoms with Gasteiger partial charge in [-0.05, 0) is 38.5 Å². The number of rotatable bonds is 25. The highest BCUT2D eigenvalue weighted by molar-refractivity contribution is 5.76. The van der Waals surface area contributed by atoms with Crippen LogP contribution in [0.4, 0.5) is 0 Å². The summed E-state index contributed by atoms with van der Waals surface area (Å²) < 4.78 is 22.4. The molecule has 2 fully saturated rings. The van der Waals surface area contributed by atoms with Crippen LogP contribution in [0.3, 0.4) is 0 Å². The van der Waals surface area contributed by atoms with Gasteiger partial charge in [-0.25, -0.2) is 0 Å². The maximum atomic E-state index is 12.8. The van der Waals surface area contributed by atoms with Crippen molar-refractivity contribution in [3.8, 4) is 0 Å². The van der Waals surface area contributed by atoms with Crippen LogP contribution < -0.4 is 5.32 Å². The Hall–Kier alpha value is -1.27. The molecule has 0 radical (unpaired) electrons. The van der Waals surface area contributed by atoms with E-state index in [0.717, 1.165) is 57.8 Å². The number of nitrogens with one attached hydrogen (secondary N) is 1. The van der Waals surface area contributed by atoms with E-state index in [-0.39, 0.29) is 12.5 Å².